The van der Waals surface area contributed by atoms with Gasteiger partial charge in [-0.05, 0) is 20.8 Å². The molecule has 0 bridgehead atoms. The SMILES string of the molecule is CC(NS(=O)(=O)C(C)C)/C(N)=N/O. The Bertz CT molecular complexity index is 283. The van der Waals surface area contributed by atoms with Gasteiger partial charge in [0.1, 0.15) is 0 Å². The standard InChI is InChI=1S/C6H15N3O3S/c1-4(2)13(11,12)9-5(3)6(7)8-10/h4-5,9-10H,1-3H3,(H2,7,8). The number of nitrogens with zero attached hydrogens (tertiary/aromatic N) is 1. The van der Waals surface area contributed by atoms with Gasteiger partial charge in [0, 0.05) is 0 Å². The van der Waals surface area contributed by atoms with Crippen molar-refractivity contribution in [3.05, 3.63) is 0 Å². The molecule has 1 unspecified atom stereocenters. The van der Waals surface area contributed by atoms with Gasteiger partial charge in [-0.2, -0.15) is 0 Å². The minimum absolute atomic E-state index is 0.163. The Balaban J connectivity index is 4.47. The number of rotatable bonds is 4. The second kappa shape index (κ2) is 4.43. The molecule has 0 aromatic heterocycles. The molecule has 0 saturated heterocycles. The first-order valence-electron chi connectivity index (χ1n) is 3.79. The van der Waals surface area contributed by atoms with E-state index in [1.165, 1.54) is 6.92 Å². The maximum atomic E-state index is 11.3. The van der Waals surface area contributed by atoms with Gasteiger partial charge in [0.15, 0.2) is 5.84 Å². The minimum Gasteiger partial charge on any atom is -0.409 e. The van der Waals surface area contributed by atoms with Crippen LogP contribution >= 0.6 is 0 Å². The zero-order valence-electron chi connectivity index (χ0n) is 7.85. The third-order valence-corrected chi connectivity index (χ3v) is 3.44. The number of nitrogens with one attached hydrogen (secondary N) is 1. The summed E-state index contributed by atoms with van der Waals surface area (Å²) in [5, 5.41) is 10.4. The molecule has 0 saturated carbocycles. The van der Waals surface area contributed by atoms with Crippen LogP contribution in [0, 0.1) is 0 Å². The maximum Gasteiger partial charge on any atom is 0.214 e. The molecule has 0 aliphatic rings. The van der Waals surface area contributed by atoms with Gasteiger partial charge in [-0.15, -0.1) is 0 Å². The van der Waals surface area contributed by atoms with E-state index in [1.54, 1.807) is 13.8 Å². The van der Waals surface area contributed by atoms with Crippen LogP contribution in [0.15, 0.2) is 5.16 Å². The van der Waals surface area contributed by atoms with E-state index in [0.717, 1.165) is 0 Å². The Morgan fingerprint density at radius 3 is 2.23 bits per heavy atom. The monoisotopic (exact) mass is 209 g/mol. The fourth-order valence-electron chi connectivity index (χ4n) is 0.529. The zero-order valence-corrected chi connectivity index (χ0v) is 8.67. The Labute approximate surface area is 77.9 Å². The predicted molar refractivity (Wildman–Crippen MR) is 50.1 cm³/mol. The van der Waals surface area contributed by atoms with E-state index in [1.807, 2.05) is 0 Å². The molecular formula is C6H15N3O3S. The van der Waals surface area contributed by atoms with E-state index in [0.29, 0.717) is 0 Å². The van der Waals surface area contributed by atoms with Crippen LogP contribution < -0.4 is 10.5 Å². The van der Waals surface area contributed by atoms with E-state index < -0.39 is 21.3 Å². The first kappa shape index (κ1) is 12.2. The summed E-state index contributed by atoms with van der Waals surface area (Å²) in [6.07, 6.45) is 0. The average molecular weight is 209 g/mol. The Hall–Kier alpha value is -0.820. The Morgan fingerprint density at radius 1 is 1.46 bits per heavy atom. The largest absolute Gasteiger partial charge is 0.409 e. The van der Waals surface area contributed by atoms with Crippen molar-refractivity contribution in [1.29, 1.82) is 0 Å². The van der Waals surface area contributed by atoms with E-state index in [4.69, 9.17) is 10.9 Å². The van der Waals surface area contributed by atoms with Crippen molar-refractivity contribution < 1.29 is 13.6 Å². The fourth-order valence-corrected chi connectivity index (χ4v) is 1.42. The van der Waals surface area contributed by atoms with Crippen LogP contribution in [0.2, 0.25) is 0 Å². The molecule has 0 amide bonds. The smallest absolute Gasteiger partial charge is 0.214 e. The molecule has 1 atom stereocenters. The summed E-state index contributed by atoms with van der Waals surface area (Å²) in [5.41, 5.74) is 5.20. The van der Waals surface area contributed by atoms with Crippen molar-refractivity contribution in [2.45, 2.75) is 32.1 Å². The van der Waals surface area contributed by atoms with Crippen molar-refractivity contribution in [2.75, 3.05) is 0 Å². The average Bonchev–Trinajstić information content (AvgIpc) is 2.01. The van der Waals surface area contributed by atoms with Crippen molar-refractivity contribution in [2.24, 2.45) is 10.9 Å². The molecule has 0 spiro atoms. The quantitative estimate of drug-likeness (QED) is 0.250. The highest BCUT2D eigenvalue weighted by molar-refractivity contribution is 7.90. The molecule has 78 valence electrons. The highest BCUT2D eigenvalue weighted by atomic mass is 32.2. The van der Waals surface area contributed by atoms with Crippen LogP contribution in [0.3, 0.4) is 0 Å². The van der Waals surface area contributed by atoms with Crippen molar-refractivity contribution in [3.63, 3.8) is 0 Å². The van der Waals surface area contributed by atoms with Crippen LogP contribution in [-0.2, 0) is 10.0 Å². The molecule has 7 heteroatoms. The van der Waals surface area contributed by atoms with E-state index in [-0.39, 0.29) is 5.84 Å². The fraction of sp³-hybridized carbons (Fsp3) is 0.833. The molecule has 0 aromatic rings. The third-order valence-electron chi connectivity index (χ3n) is 1.52. The highest BCUT2D eigenvalue weighted by Crippen LogP contribution is 1.97. The molecular weight excluding hydrogens is 194 g/mol. The topological polar surface area (TPSA) is 105 Å². The Kier molecular flexibility index (Phi) is 4.15. The van der Waals surface area contributed by atoms with Gasteiger partial charge in [0.2, 0.25) is 10.0 Å². The molecule has 4 N–H and O–H groups in total. The second-order valence-electron chi connectivity index (χ2n) is 2.96. The molecule has 0 radical (unpaired) electrons. The van der Waals surface area contributed by atoms with Crippen LogP contribution in [0.5, 0.6) is 0 Å². The number of hydrogen-bond donors (Lipinski definition) is 3. The van der Waals surface area contributed by atoms with Gasteiger partial charge in [-0.25, -0.2) is 13.1 Å². The molecule has 13 heavy (non-hydrogen) atoms. The number of nitrogens with two attached hydrogens (primary N) is 1. The normalized spacial score (nSPS) is 16.2. The summed E-state index contributed by atoms with van der Waals surface area (Å²) >= 11 is 0. The van der Waals surface area contributed by atoms with Gasteiger partial charge in [-0.1, -0.05) is 5.16 Å². The summed E-state index contributed by atoms with van der Waals surface area (Å²) < 4.78 is 24.8. The summed E-state index contributed by atoms with van der Waals surface area (Å²) in [5.74, 6) is -0.163. The lowest BCUT2D eigenvalue weighted by Crippen LogP contribution is -2.44. The number of hydrogen-bond acceptors (Lipinski definition) is 4. The molecule has 0 rings (SSSR count). The number of amidine groups is 1. The second-order valence-corrected chi connectivity index (χ2v) is 5.23. The van der Waals surface area contributed by atoms with E-state index in [2.05, 4.69) is 9.88 Å². The first-order chi connectivity index (χ1) is 5.81. The van der Waals surface area contributed by atoms with Gasteiger partial charge in [0.05, 0.1) is 11.3 Å². The predicted octanol–water partition coefficient (Wildman–Crippen LogP) is -0.551. The molecule has 0 heterocycles. The minimum atomic E-state index is -3.37. The van der Waals surface area contributed by atoms with Gasteiger partial charge in [-0.3, -0.25) is 0 Å². The van der Waals surface area contributed by atoms with E-state index >= 15 is 0 Å². The van der Waals surface area contributed by atoms with Crippen molar-refractivity contribution >= 4 is 15.9 Å². The zero-order chi connectivity index (χ0) is 10.6. The Morgan fingerprint density at radius 2 is 1.92 bits per heavy atom. The van der Waals surface area contributed by atoms with Crippen LogP contribution in [0.25, 0.3) is 0 Å². The molecule has 6 nitrogen and oxygen atoms in total. The number of sulfonamides is 1. The lowest BCUT2D eigenvalue weighted by atomic mass is 10.3. The highest BCUT2D eigenvalue weighted by Gasteiger charge is 2.20. The molecule has 0 aliphatic carbocycles. The van der Waals surface area contributed by atoms with Crippen LogP contribution in [-0.4, -0.2) is 30.8 Å². The van der Waals surface area contributed by atoms with Gasteiger partial charge < -0.3 is 10.9 Å². The van der Waals surface area contributed by atoms with Crippen LogP contribution in [0.1, 0.15) is 20.8 Å². The lowest BCUT2D eigenvalue weighted by molar-refractivity contribution is 0.316. The third kappa shape index (κ3) is 3.60. The van der Waals surface area contributed by atoms with E-state index in [9.17, 15) is 8.42 Å². The van der Waals surface area contributed by atoms with Gasteiger partial charge in [0.25, 0.3) is 0 Å². The lowest BCUT2D eigenvalue weighted by Gasteiger charge is -2.14. The molecule has 0 fully saturated rings. The summed E-state index contributed by atoms with van der Waals surface area (Å²) in [6, 6.07) is -0.697. The van der Waals surface area contributed by atoms with Gasteiger partial charge >= 0.3 is 0 Å². The summed E-state index contributed by atoms with van der Waals surface area (Å²) in [4.78, 5) is 0. The summed E-state index contributed by atoms with van der Waals surface area (Å²) in [7, 11) is -3.37. The maximum absolute atomic E-state index is 11.3. The van der Waals surface area contributed by atoms with Crippen LogP contribution in [0.4, 0.5) is 0 Å². The van der Waals surface area contributed by atoms with Crippen molar-refractivity contribution in [1.82, 2.24) is 4.72 Å². The van der Waals surface area contributed by atoms with Crippen molar-refractivity contribution in [3.8, 4) is 0 Å². The molecule has 0 aliphatic heterocycles. The first-order valence-corrected chi connectivity index (χ1v) is 5.34. The summed E-state index contributed by atoms with van der Waals surface area (Å²) in [6.45, 7) is 4.58. The number of oxime groups is 1. The molecule has 0 aromatic carbocycles.